The highest BCUT2D eigenvalue weighted by Crippen LogP contribution is 2.08. The molecule has 1 aromatic rings. The quantitative estimate of drug-likeness (QED) is 0.747. The van der Waals surface area contributed by atoms with E-state index in [4.69, 9.17) is 0 Å². The zero-order valence-electron chi connectivity index (χ0n) is 9.95. The maximum atomic E-state index is 4.10. The molecule has 0 aromatic carbocycles. The Kier molecular flexibility index (Phi) is 5.11. The van der Waals surface area contributed by atoms with Crippen molar-refractivity contribution in [2.45, 2.75) is 32.1 Å². The molecule has 0 fully saturated rings. The molecule has 1 atom stereocenters. The van der Waals surface area contributed by atoms with Gasteiger partial charge in [-0.25, -0.2) is 0 Å². The number of hydrogen-bond donors (Lipinski definition) is 1. The third-order valence-electron chi connectivity index (χ3n) is 2.60. The van der Waals surface area contributed by atoms with Crippen LogP contribution < -0.4 is 5.32 Å². The van der Waals surface area contributed by atoms with Crippen molar-refractivity contribution in [3.63, 3.8) is 0 Å². The predicted molar refractivity (Wildman–Crippen MR) is 65.0 cm³/mol. The first-order valence-electron chi connectivity index (χ1n) is 5.23. The van der Waals surface area contributed by atoms with E-state index in [-0.39, 0.29) is 0 Å². The van der Waals surface area contributed by atoms with Crippen LogP contribution in [0.3, 0.4) is 0 Å². The first-order valence-corrected chi connectivity index (χ1v) is 6.52. The molecule has 86 valence electrons. The van der Waals surface area contributed by atoms with Gasteiger partial charge in [0.2, 0.25) is 0 Å². The van der Waals surface area contributed by atoms with E-state index in [0.717, 1.165) is 30.0 Å². The molecule has 5 heteroatoms. The molecule has 1 aromatic heterocycles. The summed E-state index contributed by atoms with van der Waals surface area (Å²) in [6.45, 7) is 6.05. The molecule has 1 N–H and O–H groups in total. The van der Waals surface area contributed by atoms with Gasteiger partial charge < -0.3 is 9.88 Å². The molecule has 0 aliphatic heterocycles. The summed E-state index contributed by atoms with van der Waals surface area (Å²) in [6.07, 6.45) is 3.34. The minimum atomic E-state index is 0.721. The minimum Gasteiger partial charge on any atom is -0.317 e. The molecular formula is C10H20N4S. The lowest BCUT2D eigenvalue weighted by atomic mass is 10.3. The van der Waals surface area contributed by atoms with Crippen LogP contribution in [0.5, 0.6) is 0 Å². The first-order chi connectivity index (χ1) is 7.15. The summed E-state index contributed by atoms with van der Waals surface area (Å²) >= 11 is 1.91. The summed E-state index contributed by atoms with van der Waals surface area (Å²) < 4.78 is 2.02. The van der Waals surface area contributed by atoms with Crippen LogP contribution in [0.15, 0.2) is 0 Å². The maximum Gasteiger partial charge on any atom is 0.146 e. The highest BCUT2D eigenvalue weighted by atomic mass is 32.2. The Balaban J connectivity index is 2.23. The van der Waals surface area contributed by atoms with E-state index in [1.54, 1.807) is 0 Å². The van der Waals surface area contributed by atoms with Crippen molar-refractivity contribution >= 4 is 11.8 Å². The van der Waals surface area contributed by atoms with Gasteiger partial charge in [0.05, 0.1) is 6.54 Å². The van der Waals surface area contributed by atoms with Gasteiger partial charge >= 0.3 is 0 Å². The third kappa shape index (κ3) is 3.83. The maximum absolute atomic E-state index is 4.10. The number of thioether (sulfide) groups is 1. The van der Waals surface area contributed by atoms with Crippen molar-refractivity contribution in [3.8, 4) is 0 Å². The summed E-state index contributed by atoms with van der Waals surface area (Å²) in [4.78, 5) is 0. The monoisotopic (exact) mass is 228 g/mol. The lowest BCUT2D eigenvalue weighted by Gasteiger charge is -2.08. The highest BCUT2D eigenvalue weighted by molar-refractivity contribution is 7.99. The molecule has 0 aliphatic rings. The van der Waals surface area contributed by atoms with Gasteiger partial charge in [-0.3, -0.25) is 0 Å². The average molecular weight is 228 g/mol. The van der Waals surface area contributed by atoms with Gasteiger partial charge in [0.15, 0.2) is 0 Å². The van der Waals surface area contributed by atoms with Crippen LogP contribution in [-0.2, 0) is 13.6 Å². The Morgan fingerprint density at radius 1 is 1.47 bits per heavy atom. The predicted octanol–water partition coefficient (Wildman–Crippen LogP) is 1.35. The van der Waals surface area contributed by atoms with Crippen LogP contribution in [0, 0.1) is 6.92 Å². The largest absolute Gasteiger partial charge is 0.317 e. The van der Waals surface area contributed by atoms with E-state index in [0.29, 0.717) is 0 Å². The topological polar surface area (TPSA) is 42.7 Å². The number of aromatic nitrogens is 3. The van der Waals surface area contributed by atoms with Crippen molar-refractivity contribution in [2.75, 3.05) is 12.8 Å². The molecule has 0 bridgehead atoms. The molecule has 0 amide bonds. The highest BCUT2D eigenvalue weighted by Gasteiger charge is 2.04. The third-order valence-corrected chi connectivity index (χ3v) is 3.64. The summed E-state index contributed by atoms with van der Waals surface area (Å²) in [5, 5.41) is 12.2. The van der Waals surface area contributed by atoms with E-state index < -0.39 is 0 Å². The lowest BCUT2D eigenvalue weighted by Crippen LogP contribution is -2.19. The van der Waals surface area contributed by atoms with Crippen LogP contribution >= 0.6 is 11.8 Å². The Morgan fingerprint density at radius 3 is 2.73 bits per heavy atom. The normalized spacial score (nSPS) is 13.1. The van der Waals surface area contributed by atoms with Crippen molar-refractivity contribution in [3.05, 3.63) is 11.6 Å². The summed E-state index contributed by atoms with van der Waals surface area (Å²) in [7, 11) is 2.00. The van der Waals surface area contributed by atoms with E-state index in [9.17, 15) is 0 Å². The fraction of sp³-hybridized carbons (Fsp3) is 0.800. The second kappa shape index (κ2) is 6.12. The number of hydrogen-bond acceptors (Lipinski definition) is 4. The van der Waals surface area contributed by atoms with Crippen molar-refractivity contribution in [2.24, 2.45) is 7.05 Å². The van der Waals surface area contributed by atoms with Gasteiger partial charge in [0, 0.05) is 12.3 Å². The Labute approximate surface area is 95.9 Å². The van der Waals surface area contributed by atoms with Crippen LogP contribution in [0.25, 0.3) is 0 Å². The SMILES string of the molecule is CSC(C)CCNCc1nnc(C)n1C. The number of aryl methyl sites for hydroxylation is 1. The molecule has 4 nitrogen and oxygen atoms in total. The summed E-state index contributed by atoms with van der Waals surface area (Å²) in [6, 6.07) is 0. The molecule has 0 aliphatic carbocycles. The lowest BCUT2D eigenvalue weighted by molar-refractivity contribution is 0.610. The van der Waals surface area contributed by atoms with E-state index >= 15 is 0 Å². The number of nitrogens with one attached hydrogen (secondary N) is 1. The van der Waals surface area contributed by atoms with Crippen LogP contribution in [0.1, 0.15) is 25.0 Å². The molecule has 1 heterocycles. The molecule has 0 saturated carbocycles. The number of rotatable bonds is 6. The Morgan fingerprint density at radius 2 is 2.20 bits per heavy atom. The van der Waals surface area contributed by atoms with Crippen LogP contribution in [0.2, 0.25) is 0 Å². The Hall–Kier alpha value is -0.550. The minimum absolute atomic E-state index is 0.721. The molecule has 0 spiro atoms. The average Bonchev–Trinajstić information content (AvgIpc) is 2.55. The van der Waals surface area contributed by atoms with Gasteiger partial charge in [0.25, 0.3) is 0 Å². The van der Waals surface area contributed by atoms with Crippen molar-refractivity contribution in [1.29, 1.82) is 0 Å². The van der Waals surface area contributed by atoms with Crippen LogP contribution in [0.4, 0.5) is 0 Å². The smallest absolute Gasteiger partial charge is 0.146 e. The van der Waals surface area contributed by atoms with Crippen molar-refractivity contribution in [1.82, 2.24) is 20.1 Å². The van der Waals surface area contributed by atoms with Gasteiger partial charge in [0.1, 0.15) is 11.6 Å². The standard InChI is InChI=1S/C10H20N4S/c1-8(15-4)5-6-11-7-10-13-12-9(2)14(10)3/h8,11H,5-7H2,1-4H3. The summed E-state index contributed by atoms with van der Waals surface area (Å²) in [5.74, 6) is 1.97. The Bertz CT molecular complexity index is 298. The molecular weight excluding hydrogens is 208 g/mol. The fourth-order valence-corrected chi connectivity index (χ4v) is 1.58. The van der Waals surface area contributed by atoms with Gasteiger partial charge in [-0.15, -0.1) is 10.2 Å². The molecule has 0 saturated heterocycles. The molecule has 0 radical (unpaired) electrons. The summed E-state index contributed by atoms with van der Waals surface area (Å²) in [5.41, 5.74) is 0. The first kappa shape index (κ1) is 12.5. The van der Waals surface area contributed by atoms with Crippen molar-refractivity contribution < 1.29 is 0 Å². The van der Waals surface area contributed by atoms with Gasteiger partial charge in [-0.2, -0.15) is 11.8 Å². The second-order valence-electron chi connectivity index (χ2n) is 3.73. The van der Waals surface area contributed by atoms with Crippen LogP contribution in [-0.4, -0.2) is 32.8 Å². The fourth-order valence-electron chi connectivity index (χ4n) is 1.23. The zero-order chi connectivity index (χ0) is 11.3. The molecule has 1 unspecified atom stereocenters. The second-order valence-corrected chi connectivity index (χ2v) is 5.01. The van der Waals surface area contributed by atoms with E-state index in [1.165, 1.54) is 6.42 Å². The van der Waals surface area contributed by atoms with E-state index in [1.807, 2.05) is 30.3 Å². The van der Waals surface area contributed by atoms with E-state index in [2.05, 4.69) is 28.7 Å². The molecule has 1 rings (SSSR count). The molecule has 15 heavy (non-hydrogen) atoms. The number of nitrogens with zero attached hydrogens (tertiary/aromatic N) is 3. The zero-order valence-corrected chi connectivity index (χ0v) is 10.8. The van der Waals surface area contributed by atoms with Gasteiger partial charge in [-0.1, -0.05) is 6.92 Å². The van der Waals surface area contributed by atoms with Gasteiger partial charge in [-0.05, 0) is 26.1 Å².